The van der Waals surface area contributed by atoms with Gasteiger partial charge in [0.2, 0.25) is 5.91 Å². The average molecular weight is 455 g/mol. The minimum absolute atomic E-state index is 0.0857. The Morgan fingerprint density at radius 1 is 1.09 bits per heavy atom. The van der Waals surface area contributed by atoms with E-state index >= 15 is 0 Å². The SMILES string of the molecule is O=C(CC1SC(N2CCCCC2)=NC1=O)Nc1ccc(C(=O)NCC2CC=CCC2)cc1. The lowest BCUT2D eigenvalue weighted by Gasteiger charge is -2.27. The Balaban J connectivity index is 1.22. The van der Waals surface area contributed by atoms with E-state index in [1.807, 2.05) is 0 Å². The fraction of sp³-hybridized carbons (Fsp3) is 0.500. The fourth-order valence-electron chi connectivity index (χ4n) is 4.20. The summed E-state index contributed by atoms with van der Waals surface area (Å²) >= 11 is 1.40. The van der Waals surface area contributed by atoms with Gasteiger partial charge in [-0.3, -0.25) is 14.4 Å². The molecule has 0 radical (unpaired) electrons. The zero-order chi connectivity index (χ0) is 22.3. The van der Waals surface area contributed by atoms with Crippen LogP contribution in [0, 0.1) is 5.92 Å². The van der Waals surface area contributed by atoms with Gasteiger partial charge in [-0.05, 0) is 68.7 Å². The van der Waals surface area contributed by atoms with E-state index in [0.29, 0.717) is 23.7 Å². The Hall–Kier alpha value is -2.61. The molecule has 4 rings (SSSR count). The Labute approximate surface area is 193 Å². The van der Waals surface area contributed by atoms with E-state index in [-0.39, 0.29) is 24.1 Å². The van der Waals surface area contributed by atoms with Crippen LogP contribution in [-0.2, 0) is 9.59 Å². The molecule has 2 N–H and O–H groups in total. The molecule has 1 aromatic carbocycles. The minimum atomic E-state index is -0.466. The molecule has 2 heterocycles. The maximum absolute atomic E-state index is 12.5. The first-order valence-electron chi connectivity index (χ1n) is 11.5. The largest absolute Gasteiger partial charge is 0.352 e. The number of carbonyl (C=O) groups is 3. The highest BCUT2D eigenvalue weighted by Gasteiger charge is 2.33. The number of hydrogen-bond donors (Lipinski definition) is 2. The normalized spacial score (nSPS) is 23.1. The summed E-state index contributed by atoms with van der Waals surface area (Å²) in [4.78, 5) is 43.4. The summed E-state index contributed by atoms with van der Waals surface area (Å²) in [6.45, 7) is 2.53. The minimum Gasteiger partial charge on any atom is -0.352 e. The van der Waals surface area contributed by atoms with Gasteiger partial charge in [0.1, 0.15) is 5.25 Å². The Morgan fingerprint density at radius 2 is 1.88 bits per heavy atom. The van der Waals surface area contributed by atoms with Crippen LogP contribution < -0.4 is 10.6 Å². The van der Waals surface area contributed by atoms with Crippen molar-refractivity contribution in [3.8, 4) is 0 Å². The topological polar surface area (TPSA) is 90.9 Å². The van der Waals surface area contributed by atoms with Crippen LogP contribution in [0.15, 0.2) is 41.4 Å². The number of likely N-dealkylation sites (tertiary alicyclic amines) is 1. The van der Waals surface area contributed by atoms with Crippen LogP contribution in [0.3, 0.4) is 0 Å². The van der Waals surface area contributed by atoms with Crippen LogP contribution in [0.5, 0.6) is 0 Å². The number of amidine groups is 1. The lowest BCUT2D eigenvalue weighted by molar-refractivity contribution is -0.121. The number of allylic oxidation sites excluding steroid dienone is 2. The van der Waals surface area contributed by atoms with Crippen LogP contribution in [0.1, 0.15) is 55.3 Å². The molecule has 0 bridgehead atoms. The lowest BCUT2D eigenvalue weighted by atomic mass is 9.94. The van der Waals surface area contributed by atoms with Crippen LogP contribution in [-0.4, -0.2) is 52.7 Å². The number of hydrogen-bond acceptors (Lipinski definition) is 5. The van der Waals surface area contributed by atoms with E-state index in [2.05, 4.69) is 32.7 Å². The van der Waals surface area contributed by atoms with Crippen molar-refractivity contribution in [1.82, 2.24) is 10.2 Å². The summed E-state index contributed by atoms with van der Waals surface area (Å²) in [5.41, 5.74) is 1.17. The van der Waals surface area contributed by atoms with Gasteiger partial charge in [0.05, 0.1) is 0 Å². The van der Waals surface area contributed by atoms with Crippen molar-refractivity contribution in [1.29, 1.82) is 0 Å². The molecule has 1 aliphatic carbocycles. The van der Waals surface area contributed by atoms with Crippen molar-refractivity contribution in [2.24, 2.45) is 10.9 Å². The molecule has 0 aromatic heterocycles. The van der Waals surface area contributed by atoms with Gasteiger partial charge in [-0.25, -0.2) is 0 Å². The second-order valence-electron chi connectivity index (χ2n) is 8.58. The number of thioether (sulfide) groups is 1. The van der Waals surface area contributed by atoms with Gasteiger partial charge >= 0.3 is 0 Å². The molecule has 3 amide bonds. The van der Waals surface area contributed by atoms with Gasteiger partial charge in [-0.15, -0.1) is 0 Å². The van der Waals surface area contributed by atoms with Gasteiger partial charge in [0, 0.05) is 37.3 Å². The molecule has 1 aromatic rings. The maximum Gasteiger partial charge on any atom is 0.262 e. The molecule has 8 heteroatoms. The monoisotopic (exact) mass is 454 g/mol. The lowest BCUT2D eigenvalue weighted by Crippen LogP contribution is -2.33. The van der Waals surface area contributed by atoms with Crippen molar-refractivity contribution in [2.75, 3.05) is 25.0 Å². The number of rotatable bonds is 6. The second-order valence-corrected chi connectivity index (χ2v) is 9.75. The molecule has 2 aliphatic heterocycles. The van der Waals surface area contributed by atoms with Crippen LogP contribution in [0.4, 0.5) is 5.69 Å². The molecule has 1 saturated heterocycles. The van der Waals surface area contributed by atoms with E-state index < -0.39 is 5.25 Å². The van der Waals surface area contributed by atoms with E-state index in [9.17, 15) is 14.4 Å². The van der Waals surface area contributed by atoms with Crippen molar-refractivity contribution in [3.05, 3.63) is 42.0 Å². The number of piperidine rings is 1. The standard InChI is InChI=1S/C24H30N4O3S/c29-21(15-20-23(31)27-24(32-20)28-13-5-2-6-14-28)26-19-11-9-18(10-12-19)22(30)25-16-17-7-3-1-4-8-17/h1,3,9-12,17,20H,2,4-8,13-16H2,(H,25,30)(H,26,29). The molecular weight excluding hydrogens is 424 g/mol. The molecular formula is C24H30N4O3S. The number of nitrogens with zero attached hydrogens (tertiary/aromatic N) is 2. The predicted molar refractivity (Wildman–Crippen MR) is 128 cm³/mol. The van der Waals surface area contributed by atoms with Crippen molar-refractivity contribution < 1.29 is 14.4 Å². The van der Waals surface area contributed by atoms with Gasteiger partial charge in [0.25, 0.3) is 11.8 Å². The zero-order valence-electron chi connectivity index (χ0n) is 18.2. The summed E-state index contributed by atoms with van der Waals surface area (Å²) in [5, 5.41) is 6.11. The number of amides is 3. The highest BCUT2D eigenvalue weighted by Crippen LogP contribution is 2.29. The van der Waals surface area contributed by atoms with E-state index in [1.165, 1.54) is 18.2 Å². The number of nitrogens with one attached hydrogen (secondary N) is 2. The highest BCUT2D eigenvalue weighted by atomic mass is 32.2. The third kappa shape index (κ3) is 6.00. The quantitative estimate of drug-likeness (QED) is 0.641. The maximum atomic E-state index is 12.5. The highest BCUT2D eigenvalue weighted by molar-refractivity contribution is 8.15. The van der Waals surface area contributed by atoms with Gasteiger partial charge in [-0.1, -0.05) is 23.9 Å². The van der Waals surface area contributed by atoms with Gasteiger partial charge in [0.15, 0.2) is 5.17 Å². The molecule has 32 heavy (non-hydrogen) atoms. The number of benzene rings is 1. The zero-order valence-corrected chi connectivity index (χ0v) is 19.0. The molecule has 0 saturated carbocycles. The molecule has 2 atom stereocenters. The number of carbonyl (C=O) groups excluding carboxylic acids is 3. The molecule has 0 spiro atoms. The molecule has 2 unspecified atom stereocenters. The molecule has 7 nitrogen and oxygen atoms in total. The fourth-order valence-corrected chi connectivity index (χ4v) is 5.31. The Morgan fingerprint density at radius 3 is 2.59 bits per heavy atom. The summed E-state index contributed by atoms with van der Waals surface area (Å²) in [7, 11) is 0. The first-order chi connectivity index (χ1) is 15.6. The third-order valence-corrected chi connectivity index (χ3v) is 7.30. The van der Waals surface area contributed by atoms with Crippen molar-refractivity contribution in [3.63, 3.8) is 0 Å². The summed E-state index contributed by atoms with van der Waals surface area (Å²) in [5.74, 6) is -0.0643. The molecule has 1 fully saturated rings. The van der Waals surface area contributed by atoms with E-state index in [4.69, 9.17) is 0 Å². The summed E-state index contributed by atoms with van der Waals surface area (Å²) in [6.07, 6.45) is 11.1. The van der Waals surface area contributed by atoms with E-state index in [0.717, 1.165) is 50.4 Å². The van der Waals surface area contributed by atoms with Gasteiger partial charge < -0.3 is 15.5 Å². The van der Waals surface area contributed by atoms with Crippen molar-refractivity contribution in [2.45, 2.75) is 50.2 Å². The average Bonchev–Trinajstić information content (AvgIpc) is 3.19. The van der Waals surface area contributed by atoms with Crippen molar-refractivity contribution >= 4 is 40.3 Å². The first-order valence-corrected chi connectivity index (χ1v) is 12.3. The first kappa shape index (κ1) is 22.6. The molecule has 3 aliphatic rings. The third-order valence-electron chi connectivity index (χ3n) is 6.09. The Kier molecular flexibility index (Phi) is 7.63. The van der Waals surface area contributed by atoms with E-state index in [1.54, 1.807) is 24.3 Å². The van der Waals surface area contributed by atoms with Crippen LogP contribution in [0.25, 0.3) is 0 Å². The number of anilines is 1. The Bertz CT molecular complexity index is 906. The number of aliphatic imine (C=N–C) groups is 1. The smallest absolute Gasteiger partial charge is 0.262 e. The second kappa shape index (κ2) is 10.8. The summed E-state index contributed by atoms with van der Waals surface area (Å²) in [6, 6.07) is 6.85. The van der Waals surface area contributed by atoms with Gasteiger partial charge in [-0.2, -0.15) is 4.99 Å². The summed E-state index contributed by atoms with van der Waals surface area (Å²) < 4.78 is 0. The molecule has 170 valence electrons. The predicted octanol–water partition coefficient (Wildman–Crippen LogP) is 3.59. The van der Waals surface area contributed by atoms with Crippen LogP contribution in [0.2, 0.25) is 0 Å². The van der Waals surface area contributed by atoms with Crippen LogP contribution >= 0.6 is 11.8 Å².